The van der Waals surface area contributed by atoms with Crippen LogP contribution in [0.5, 0.6) is 0 Å². The quantitative estimate of drug-likeness (QED) is 0.500. The van der Waals surface area contributed by atoms with Gasteiger partial charge in [-0.1, -0.05) is 25.7 Å². The molecule has 5 saturated carbocycles. The molecule has 4 bridgehead atoms. The average molecular weight is 447 g/mol. The van der Waals surface area contributed by atoms with Gasteiger partial charge in [-0.25, -0.2) is 4.79 Å². The minimum Gasteiger partial charge on any atom is -0.454 e. The second kappa shape index (κ2) is 8.96. The third-order valence-corrected chi connectivity index (χ3v) is 8.87. The van der Waals surface area contributed by atoms with Crippen LogP contribution in [0.2, 0.25) is 0 Å². The van der Waals surface area contributed by atoms with Gasteiger partial charge in [0.1, 0.15) is 6.04 Å². The number of hydrogen-bond acceptors (Lipinski definition) is 5. The van der Waals surface area contributed by atoms with Crippen molar-refractivity contribution in [3.05, 3.63) is 0 Å². The van der Waals surface area contributed by atoms with Crippen LogP contribution in [0.25, 0.3) is 0 Å². The van der Waals surface area contributed by atoms with Gasteiger partial charge in [0, 0.05) is 19.0 Å². The van der Waals surface area contributed by atoms with E-state index in [1.807, 2.05) is 0 Å². The highest BCUT2D eigenvalue weighted by Crippen LogP contribution is 2.60. The van der Waals surface area contributed by atoms with Crippen LogP contribution in [0.1, 0.15) is 83.5 Å². The molecule has 6 fully saturated rings. The highest BCUT2D eigenvalue weighted by atomic mass is 16.5. The Balaban J connectivity index is 1.19. The third kappa shape index (κ3) is 4.42. The number of likely N-dealkylation sites (tertiary alicyclic amines) is 1. The summed E-state index contributed by atoms with van der Waals surface area (Å²) in [6, 6.07) is -0.623. The van der Waals surface area contributed by atoms with Gasteiger partial charge in [0.15, 0.2) is 6.61 Å². The summed E-state index contributed by atoms with van der Waals surface area (Å²) >= 11 is 0. The van der Waals surface area contributed by atoms with E-state index < -0.39 is 18.1 Å². The minimum absolute atomic E-state index is 0.0398. The van der Waals surface area contributed by atoms with Crippen LogP contribution in [-0.2, 0) is 19.1 Å². The third-order valence-electron chi connectivity index (χ3n) is 8.87. The molecule has 2 amide bonds. The van der Waals surface area contributed by atoms with Gasteiger partial charge < -0.3 is 20.1 Å². The number of esters is 1. The molecular formula is C25H38N2O5. The van der Waals surface area contributed by atoms with Crippen molar-refractivity contribution in [1.82, 2.24) is 10.2 Å². The lowest BCUT2D eigenvalue weighted by atomic mass is 9.49. The molecule has 7 nitrogen and oxygen atoms in total. The molecule has 5 aliphatic carbocycles. The number of carbonyl (C=O) groups excluding carboxylic acids is 3. The van der Waals surface area contributed by atoms with Gasteiger partial charge in [-0.2, -0.15) is 0 Å². The van der Waals surface area contributed by atoms with Crippen LogP contribution < -0.4 is 5.32 Å². The molecular weight excluding hydrogens is 408 g/mol. The minimum atomic E-state index is -0.781. The van der Waals surface area contributed by atoms with E-state index >= 15 is 0 Å². The van der Waals surface area contributed by atoms with Crippen LogP contribution >= 0.6 is 0 Å². The van der Waals surface area contributed by atoms with Gasteiger partial charge >= 0.3 is 5.97 Å². The highest BCUT2D eigenvalue weighted by molar-refractivity contribution is 5.90. The Hall–Kier alpha value is -1.63. The molecule has 6 rings (SSSR count). The second-order valence-electron chi connectivity index (χ2n) is 11.4. The summed E-state index contributed by atoms with van der Waals surface area (Å²) in [5.74, 6) is 1.11. The van der Waals surface area contributed by atoms with Gasteiger partial charge in [0.25, 0.3) is 5.91 Å². The van der Waals surface area contributed by atoms with Crippen molar-refractivity contribution in [1.29, 1.82) is 0 Å². The Bertz CT molecular complexity index is 709. The molecule has 2 atom stereocenters. The molecule has 0 aromatic carbocycles. The predicted molar refractivity (Wildman–Crippen MR) is 117 cm³/mol. The topological polar surface area (TPSA) is 95.9 Å². The lowest BCUT2D eigenvalue weighted by Crippen LogP contribution is -2.56. The lowest BCUT2D eigenvalue weighted by Gasteiger charge is -2.56. The maximum absolute atomic E-state index is 13.7. The standard InChI is InChI=1S/C25H38N2O5/c28-20-10-21(23(30)32-15-22(29)26-19-5-3-1-2-4-6-19)27(14-20)24(31)25-11-16-7-17(12-25)9-18(8-16)13-25/h16-21,28H,1-15H2,(H,26,29)/t16?,17?,18?,20?,21-,25?/m0/s1. The fraction of sp³-hybridized carbons (Fsp3) is 0.880. The van der Waals surface area contributed by atoms with Crippen LogP contribution in [0.3, 0.4) is 0 Å². The van der Waals surface area contributed by atoms with E-state index in [-0.39, 0.29) is 42.8 Å². The molecule has 0 aromatic rings. The molecule has 0 radical (unpaired) electrons. The number of hydrogen-bond donors (Lipinski definition) is 2. The zero-order valence-electron chi connectivity index (χ0n) is 19.1. The van der Waals surface area contributed by atoms with Crippen molar-refractivity contribution in [2.75, 3.05) is 13.2 Å². The average Bonchev–Trinajstić information content (AvgIpc) is 2.95. The van der Waals surface area contributed by atoms with Crippen molar-refractivity contribution in [2.45, 2.75) is 102 Å². The van der Waals surface area contributed by atoms with Gasteiger partial charge in [-0.15, -0.1) is 0 Å². The summed E-state index contributed by atoms with van der Waals surface area (Å²) in [5.41, 5.74) is -0.353. The molecule has 2 N–H and O–H groups in total. The molecule has 32 heavy (non-hydrogen) atoms. The number of aliphatic hydroxyl groups excluding tert-OH is 1. The Morgan fingerprint density at radius 2 is 1.50 bits per heavy atom. The zero-order valence-corrected chi connectivity index (χ0v) is 19.1. The van der Waals surface area contributed by atoms with Crippen LogP contribution in [0.15, 0.2) is 0 Å². The fourth-order valence-corrected chi connectivity index (χ4v) is 7.86. The largest absolute Gasteiger partial charge is 0.454 e. The van der Waals surface area contributed by atoms with Crippen LogP contribution in [-0.4, -0.2) is 59.1 Å². The van der Waals surface area contributed by atoms with Crippen molar-refractivity contribution in [2.24, 2.45) is 23.2 Å². The Labute approximate surface area is 190 Å². The first-order valence-corrected chi connectivity index (χ1v) is 12.9. The predicted octanol–water partition coefficient (Wildman–Crippen LogP) is 2.55. The van der Waals surface area contributed by atoms with E-state index in [1.165, 1.54) is 32.1 Å². The van der Waals surface area contributed by atoms with E-state index in [2.05, 4.69) is 5.32 Å². The van der Waals surface area contributed by atoms with Gasteiger partial charge in [-0.05, 0) is 69.1 Å². The summed E-state index contributed by atoms with van der Waals surface area (Å²) in [6.07, 6.45) is 12.6. The maximum atomic E-state index is 13.7. The van der Waals surface area contributed by atoms with E-state index in [0.29, 0.717) is 17.8 Å². The number of ether oxygens (including phenoxy) is 1. The molecule has 178 valence electrons. The number of amides is 2. The molecule has 1 aliphatic heterocycles. The molecule has 0 aromatic heterocycles. The highest BCUT2D eigenvalue weighted by Gasteiger charge is 2.57. The van der Waals surface area contributed by atoms with Gasteiger partial charge in [-0.3, -0.25) is 9.59 Å². The molecule has 7 heteroatoms. The number of β-amino-alcohol motifs (C(OH)–C–C–N with tert-alkyl or cyclic N) is 1. The number of nitrogens with zero attached hydrogens (tertiary/aromatic N) is 1. The van der Waals surface area contributed by atoms with Crippen molar-refractivity contribution >= 4 is 17.8 Å². The van der Waals surface area contributed by atoms with E-state index in [0.717, 1.165) is 44.9 Å². The van der Waals surface area contributed by atoms with Crippen LogP contribution in [0, 0.1) is 23.2 Å². The summed E-state index contributed by atoms with van der Waals surface area (Å²) in [5, 5.41) is 13.3. The second-order valence-corrected chi connectivity index (χ2v) is 11.4. The Morgan fingerprint density at radius 1 is 0.906 bits per heavy atom. The molecule has 1 heterocycles. The number of rotatable bonds is 5. The lowest BCUT2D eigenvalue weighted by molar-refractivity contribution is -0.166. The molecule has 6 aliphatic rings. The molecule has 1 saturated heterocycles. The van der Waals surface area contributed by atoms with Crippen LogP contribution in [0.4, 0.5) is 0 Å². The van der Waals surface area contributed by atoms with Crippen molar-refractivity contribution < 1.29 is 24.2 Å². The smallest absolute Gasteiger partial charge is 0.329 e. The summed E-state index contributed by atoms with van der Waals surface area (Å²) < 4.78 is 5.35. The normalized spacial score (nSPS) is 39.0. The molecule has 1 unspecified atom stereocenters. The van der Waals surface area contributed by atoms with Crippen molar-refractivity contribution in [3.63, 3.8) is 0 Å². The van der Waals surface area contributed by atoms with E-state index in [9.17, 15) is 19.5 Å². The zero-order chi connectivity index (χ0) is 22.3. The van der Waals surface area contributed by atoms with Crippen molar-refractivity contribution in [3.8, 4) is 0 Å². The Kier molecular flexibility index (Phi) is 6.21. The number of aliphatic hydroxyl groups is 1. The van der Waals surface area contributed by atoms with Gasteiger partial charge in [0.2, 0.25) is 5.91 Å². The first-order chi connectivity index (χ1) is 15.4. The first kappa shape index (κ1) is 22.2. The van der Waals surface area contributed by atoms with E-state index in [1.54, 1.807) is 4.90 Å². The SMILES string of the molecule is O=C(COC(=O)[C@@H]1CC(O)CN1C(=O)C12CC3CC(CC(C3)C1)C2)NC1CCCCCC1. The summed E-state index contributed by atoms with van der Waals surface area (Å²) in [7, 11) is 0. The maximum Gasteiger partial charge on any atom is 0.329 e. The van der Waals surface area contributed by atoms with Gasteiger partial charge in [0.05, 0.1) is 11.5 Å². The first-order valence-electron chi connectivity index (χ1n) is 12.9. The summed E-state index contributed by atoms with van der Waals surface area (Å²) in [6.45, 7) is -0.129. The molecule has 0 spiro atoms. The monoisotopic (exact) mass is 446 g/mol. The summed E-state index contributed by atoms with van der Waals surface area (Å²) in [4.78, 5) is 40.5. The van der Waals surface area contributed by atoms with E-state index in [4.69, 9.17) is 4.74 Å². The number of carbonyl (C=O) groups is 3. The number of nitrogens with one attached hydrogen (secondary N) is 1. The fourth-order valence-electron chi connectivity index (χ4n) is 7.86. The Morgan fingerprint density at radius 3 is 2.09 bits per heavy atom.